The largest absolute Gasteiger partial charge is 0.411 e. The Morgan fingerprint density at radius 1 is 1.06 bits per heavy atom. The molecule has 1 amide bonds. The predicted octanol–water partition coefficient (Wildman–Crippen LogP) is 6.22. The molecule has 0 aliphatic carbocycles. The maximum Gasteiger partial charge on any atom is 0.277 e. The van der Waals surface area contributed by atoms with Crippen molar-refractivity contribution in [2.45, 2.75) is 15.0 Å². The summed E-state index contributed by atoms with van der Waals surface area (Å²) in [6, 6.07) is 19.1. The molecule has 1 aromatic heterocycles. The number of benzene rings is 3. The van der Waals surface area contributed by atoms with Gasteiger partial charge in [0.2, 0.25) is 11.8 Å². The fourth-order valence-corrected chi connectivity index (χ4v) is 5.14. The first-order valence-corrected chi connectivity index (χ1v) is 11.8. The molecule has 0 saturated carbocycles. The number of carbonyl (C=O) groups excluding carboxylic acids is 1. The summed E-state index contributed by atoms with van der Waals surface area (Å²) >= 11 is 8.89. The number of anilines is 2. The number of aromatic nitrogens is 2. The van der Waals surface area contributed by atoms with Crippen molar-refractivity contribution in [2.24, 2.45) is 0 Å². The number of nitro groups is 1. The molecule has 2 heterocycles. The third-order valence-electron chi connectivity index (χ3n) is 4.77. The lowest BCUT2D eigenvalue weighted by atomic mass is 10.2. The van der Waals surface area contributed by atoms with Crippen LogP contribution in [0.4, 0.5) is 17.1 Å². The monoisotopic (exact) mass is 496 g/mol. The summed E-state index contributed by atoms with van der Waals surface area (Å²) in [5.41, 5.74) is 1.86. The van der Waals surface area contributed by atoms with Crippen LogP contribution in [0.25, 0.3) is 11.5 Å². The van der Waals surface area contributed by atoms with Crippen LogP contribution in [-0.4, -0.2) is 26.8 Å². The summed E-state index contributed by atoms with van der Waals surface area (Å²) in [7, 11) is 0. The number of nitro benzene ring substituents is 1. The number of hydrogen-bond acceptors (Lipinski definition) is 8. The second-order valence-electron chi connectivity index (χ2n) is 6.88. The van der Waals surface area contributed by atoms with Crippen molar-refractivity contribution in [3.63, 3.8) is 0 Å². The van der Waals surface area contributed by atoms with E-state index in [-0.39, 0.29) is 28.5 Å². The average molecular weight is 497 g/mol. The molecule has 0 saturated heterocycles. The van der Waals surface area contributed by atoms with Crippen LogP contribution in [0.3, 0.4) is 0 Å². The summed E-state index contributed by atoms with van der Waals surface area (Å²) in [5.74, 6) is 0.0125. The highest BCUT2D eigenvalue weighted by atomic mass is 35.5. The maximum atomic E-state index is 13.3. The number of non-ortho nitro benzene ring substituents is 1. The van der Waals surface area contributed by atoms with Crippen LogP contribution in [0.1, 0.15) is 0 Å². The fraction of sp³-hybridized carbons (Fsp3) is 0.0455. The van der Waals surface area contributed by atoms with E-state index in [1.165, 1.54) is 12.1 Å². The SMILES string of the molecule is O=C(CSc1nnc(-c2cccc([N+](=O)[O-])c2)o1)N1c2ccccc2Sc2ccc(Cl)cc21. The predicted molar refractivity (Wildman–Crippen MR) is 126 cm³/mol. The minimum Gasteiger partial charge on any atom is -0.411 e. The molecule has 3 aromatic carbocycles. The lowest BCUT2D eigenvalue weighted by Gasteiger charge is -2.31. The molecular weight excluding hydrogens is 484 g/mol. The standard InChI is InChI=1S/C22H13ClN4O4S2/c23-14-8-9-19-17(11-14)26(16-6-1-2-7-18(16)33-19)20(28)12-32-22-25-24-21(31-22)13-4-3-5-15(10-13)27(29)30/h1-11H,12H2. The molecule has 0 fully saturated rings. The van der Waals surface area contributed by atoms with Gasteiger partial charge in [-0.05, 0) is 36.4 Å². The van der Waals surface area contributed by atoms with Crippen LogP contribution < -0.4 is 4.90 Å². The van der Waals surface area contributed by atoms with Gasteiger partial charge in [0, 0.05) is 32.5 Å². The summed E-state index contributed by atoms with van der Waals surface area (Å²) in [5, 5.41) is 19.6. The van der Waals surface area contributed by atoms with Crippen molar-refractivity contribution in [3.8, 4) is 11.5 Å². The van der Waals surface area contributed by atoms with Crippen LogP contribution in [-0.2, 0) is 4.79 Å². The van der Waals surface area contributed by atoms with Gasteiger partial charge in [-0.1, -0.05) is 53.3 Å². The van der Waals surface area contributed by atoms with Crippen LogP contribution >= 0.6 is 35.1 Å². The van der Waals surface area contributed by atoms with Crippen LogP contribution in [0.2, 0.25) is 5.02 Å². The molecule has 164 valence electrons. The molecule has 0 spiro atoms. The highest BCUT2D eigenvalue weighted by Crippen LogP contribution is 2.49. The Hall–Kier alpha value is -3.34. The minimum absolute atomic E-state index is 0.0432. The van der Waals surface area contributed by atoms with E-state index in [2.05, 4.69) is 10.2 Å². The van der Waals surface area contributed by atoms with Crippen molar-refractivity contribution in [3.05, 3.63) is 81.9 Å². The maximum absolute atomic E-state index is 13.3. The third-order valence-corrected chi connectivity index (χ3v) is 6.94. The number of carbonyl (C=O) groups is 1. The number of thioether (sulfide) groups is 1. The highest BCUT2D eigenvalue weighted by molar-refractivity contribution is 8.00. The second kappa shape index (κ2) is 8.89. The second-order valence-corrected chi connectivity index (χ2v) is 9.33. The van der Waals surface area contributed by atoms with Crippen molar-refractivity contribution >= 4 is 58.1 Å². The van der Waals surface area contributed by atoms with Crippen molar-refractivity contribution < 1.29 is 14.1 Å². The molecule has 4 aromatic rings. The Bertz CT molecular complexity index is 1390. The number of fused-ring (bicyclic) bond motifs is 2. The Labute approximate surface area is 201 Å². The Morgan fingerprint density at radius 3 is 2.73 bits per heavy atom. The lowest BCUT2D eigenvalue weighted by molar-refractivity contribution is -0.384. The topological polar surface area (TPSA) is 102 Å². The van der Waals surface area contributed by atoms with Gasteiger partial charge in [-0.2, -0.15) is 0 Å². The minimum atomic E-state index is -0.493. The molecule has 11 heteroatoms. The number of amides is 1. The van der Waals surface area contributed by atoms with Gasteiger partial charge >= 0.3 is 0 Å². The van der Waals surface area contributed by atoms with Crippen LogP contribution in [0.15, 0.2) is 86.2 Å². The molecule has 5 rings (SSSR count). The lowest BCUT2D eigenvalue weighted by Crippen LogP contribution is -2.30. The van der Waals surface area contributed by atoms with Crippen LogP contribution in [0.5, 0.6) is 0 Å². The van der Waals surface area contributed by atoms with Gasteiger partial charge in [0.25, 0.3) is 10.9 Å². The first kappa shape index (κ1) is 21.5. The number of halogens is 1. The number of hydrogen-bond donors (Lipinski definition) is 0. The van der Waals surface area contributed by atoms with Crippen molar-refractivity contribution in [1.82, 2.24) is 10.2 Å². The van der Waals surface area contributed by atoms with Gasteiger partial charge in [-0.15, -0.1) is 10.2 Å². The molecule has 33 heavy (non-hydrogen) atoms. The van der Waals surface area contributed by atoms with Crippen molar-refractivity contribution in [2.75, 3.05) is 10.7 Å². The van der Waals surface area contributed by atoms with E-state index in [1.807, 2.05) is 30.3 Å². The zero-order valence-electron chi connectivity index (χ0n) is 16.7. The van der Waals surface area contributed by atoms with Gasteiger partial charge in [0.05, 0.1) is 22.1 Å². The van der Waals surface area contributed by atoms with E-state index < -0.39 is 4.92 Å². The summed E-state index contributed by atoms with van der Waals surface area (Å²) in [4.78, 5) is 27.3. The van der Waals surface area contributed by atoms with E-state index in [1.54, 1.807) is 40.9 Å². The van der Waals surface area contributed by atoms with Gasteiger partial charge in [0.1, 0.15) is 0 Å². The van der Waals surface area contributed by atoms with Crippen molar-refractivity contribution in [1.29, 1.82) is 0 Å². The summed E-state index contributed by atoms with van der Waals surface area (Å²) in [6.45, 7) is 0. The Kier molecular flexibility index (Phi) is 5.79. The zero-order chi connectivity index (χ0) is 22.9. The number of para-hydroxylation sites is 1. The molecule has 0 N–H and O–H groups in total. The van der Waals surface area contributed by atoms with E-state index >= 15 is 0 Å². The van der Waals surface area contributed by atoms with Gasteiger partial charge in [-0.25, -0.2) is 0 Å². The molecular formula is C22H13ClN4O4S2. The first-order valence-electron chi connectivity index (χ1n) is 9.60. The first-order chi connectivity index (χ1) is 16.0. The summed E-state index contributed by atoms with van der Waals surface area (Å²) in [6.07, 6.45) is 0. The van der Waals surface area contributed by atoms with Gasteiger partial charge in [0.15, 0.2) is 0 Å². The van der Waals surface area contributed by atoms with E-state index in [4.69, 9.17) is 16.0 Å². The molecule has 0 radical (unpaired) electrons. The molecule has 1 aliphatic rings. The van der Waals surface area contributed by atoms with E-state index in [0.717, 1.165) is 32.9 Å². The van der Waals surface area contributed by atoms with Crippen LogP contribution in [0, 0.1) is 10.1 Å². The third kappa shape index (κ3) is 4.32. The molecule has 0 bridgehead atoms. The summed E-state index contributed by atoms with van der Waals surface area (Å²) < 4.78 is 5.62. The average Bonchev–Trinajstić information content (AvgIpc) is 3.30. The molecule has 0 unspecified atom stereocenters. The number of nitrogens with zero attached hydrogens (tertiary/aromatic N) is 4. The van der Waals surface area contributed by atoms with Gasteiger partial charge in [-0.3, -0.25) is 19.8 Å². The molecule has 1 aliphatic heterocycles. The van der Waals surface area contributed by atoms with Gasteiger partial charge < -0.3 is 4.42 Å². The highest BCUT2D eigenvalue weighted by Gasteiger charge is 2.28. The van der Waals surface area contributed by atoms with E-state index in [0.29, 0.717) is 10.6 Å². The zero-order valence-corrected chi connectivity index (χ0v) is 19.1. The molecule has 8 nitrogen and oxygen atoms in total. The fourth-order valence-electron chi connectivity index (χ4n) is 3.32. The smallest absolute Gasteiger partial charge is 0.277 e. The molecule has 0 atom stereocenters. The Morgan fingerprint density at radius 2 is 1.88 bits per heavy atom. The normalized spacial score (nSPS) is 12.2. The number of rotatable bonds is 5. The Balaban J connectivity index is 1.37. The van der Waals surface area contributed by atoms with E-state index in [9.17, 15) is 14.9 Å². The quantitative estimate of drug-likeness (QED) is 0.182.